The SMILES string of the molecule is Cc1ccccc1/C=C/c1ccc(N(C)C)cc1. The first kappa shape index (κ1) is 12.4. The van der Waals surface area contributed by atoms with Gasteiger partial charge >= 0.3 is 0 Å². The smallest absolute Gasteiger partial charge is 0.0361 e. The topological polar surface area (TPSA) is 3.24 Å². The van der Waals surface area contributed by atoms with E-state index in [2.05, 4.69) is 86.6 Å². The van der Waals surface area contributed by atoms with Gasteiger partial charge in [-0.1, -0.05) is 48.6 Å². The van der Waals surface area contributed by atoms with Gasteiger partial charge in [-0.25, -0.2) is 0 Å². The summed E-state index contributed by atoms with van der Waals surface area (Å²) in [5.41, 5.74) is 5.03. The molecule has 0 aliphatic rings. The highest BCUT2D eigenvalue weighted by atomic mass is 15.1. The standard InChI is InChI=1S/C17H19N/c1-14-6-4-5-7-16(14)11-8-15-9-12-17(13-10-15)18(2)3/h4-13H,1-3H3/b11-8+. The lowest BCUT2D eigenvalue weighted by Crippen LogP contribution is -2.07. The minimum Gasteiger partial charge on any atom is -0.378 e. The summed E-state index contributed by atoms with van der Waals surface area (Å²) in [7, 11) is 4.11. The molecule has 0 saturated carbocycles. The minimum absolute atomic E-state index is 1.23. The molecule has 0 heterocycles. The molecule has 0 radical (unpaired) electrons. The average molecular weight is 237 g/mol. The van der Waals surface area contributed by atoms with Crippen molar-refractivity contribution in [2.45, 2.75) is 6.92 Å². The van der Waals surface area contributed by atoms with E-state index in [1.54, 1.807) is 0 Å². The molecule has 2 rings (SSSR count). The fourth-order valence-electron chi connectivity index (χ4n) is 1.84. The Kier molecular flexibility index (Phi) is 3.83. The van der Waals surface area contributed by atoms with E-state index in [1.165, 1.54) is 22.4 Å². The molecule has 0 fully saturated rings. The summed E-state index contributed by atoms with van der Waals surface area (Å²) >= 11 is 0. The lowest BCUT2D eigenvalue weighted by Gasteiger charge is -2.11. The molecule has 0 amide bonds. The van der Waals surface area contributed by atoms with Crippen LogP contribution in [-0.2, 0) is 0 Å². The molecule has 1 heteroatoms. The number of anilines is 1. The highest BCUT2D eigenvalue weighted by molar-refractivity contribution is 5.71. The summed E-state index contributed by atoms with van der Waals surface area (Å²) in [6.45, 7) is 2.13. The van der Waals surface area contributed by atoms with Crippen molar-refractivity contribution in [3.05, 3.63) is 65.2 Å². The fourth-order valence-corrected chi connectivity index (χ4v) is 1.84. The molecule has 2 aromatic carbocycles. The number of hydrogen-bond acceptors (Lipinski definition) is 1. The molecular weight excluding hydrogens is 218 g/mol. The Morgan fingerprint density at radius 1 is 0.833 bits per heavy atom. The van der Waals surface area contributed by atoms with Crippen molar-refractivity contribution in [2.24, 2.45) is 0 Å². The van der Waals surface area contributed by atoms with E-state index in [0.29, 0.717) is 0 Å². The van der Waals surface area contributed by atoms with Crippen LogP contribution >= 0.6 is 0 Å². The van der Waals surface area contributed by atoms with Crippen molar-refractivity contribution in [1.29, 1.82) is 0 Å². The van der Waals surface area contributed by atoms with Crippen molar-refractivity contribution in [1.82, 2.24) is 0 Å². The largest absolute Gasteiger partial charge is 0.378 e. The Morgan fingerprint density at radius 2 is 1.50 bits per heavy atom. The highest BCUT2D eigenvalue weighted by Crippen LogP contribution is 2.15. The second kappa shape index (κ2) is 5.54. The first-order valence-electron chi connectivity index (χ1n) is 6.18. The zero-order valence-electron chi connectivity index (χ0n) is 11.2. The number of hydrogen-bond donors (Lipinski definition) is 0. The molecule has 0 N–H and O–H groups in total. The molecular formula is C17H19N. The molecule has 0 saturated heterocycles. The van der Waals surface area contributed by atoms with Gasteiger partial charge in [-0.2, -0.15) is 0 Å². The minimum atomic E-state index is 1.23. The van der Waals surface area contributed by atoms with Gasteiger partial charge in [0, 0.05) is 19.8 Å². The molecule has 0 aliphatic carbocycles. The van der Waals surface area contributed by atoms with Crippen molar-refractivity contribution in [2.75, 3.05) is 19.0 Å². The number of nitrogens with zero attached hydrogens (tertiary/aromatic N) is 1. The van der Waals surface area contributed by atoms with Crippen LogP contribution in [0.15, 0.2) is 48.5 Å². The predicted octanol–water partition coefficient (Wildman–Crippen LogP) is 4.23. The maximum Gasteiger partial charge on any atom is 0.0361 e. The van der Waals surface area contributed by atoms with Gasteiger partial charge in [0.05, 0.1) is 0 Å². The van der Waals surface area contributed by atoms with Crippen LogP contribution in [0.3, 0.4) is 0 Å². The second-order valence-electron chi connectivity index (χ2n) is 4.68. The lowest BCUT2D eigenvalue weighted by atomic mass is 10.1. The molecule has 0 aromatic heterocycles. The monoisotopic (exact) mass is 237 g/mol. The van der Waals surface area contributed by atoms with Gasteiger partial charge in [-0.05, 0) is 35.7 Å². The van der Waals surface area contributed by atoms with Gasteiger partial charge in [-0.15, -0.1) is 0 Å². The van der Waals surface area contributed by atoms with Crippen molar-refractivity contribution < 1.29 is 0 Å². The zero-order chi connectivity index (χ0) is 13.0. The van der Waals surface area contributed by atoms with E-state index in [4.69, 9.17) is 0 Å². The molecule has 1 nitrogen and oxygen atoms in total. The van der Waals surface area contributed by atoms with Gasteiger partial charge in [0.15, 0.2) is 0 Å². The normalized spacial score (nSPS) is 10.8. The summed E-state index contributed by atoms with van der Waals surface area (Å²) in [5, 5.41) is 0. The molecule has 0 unspecified atom stereocenters. The summed E-state index contributed by atoms with van der Waals surface area (Å²) in [5.74, 6) is 0. The first-order chi connectivity index (χ1) is 8.66. The second-order valence-corrected chi connectivity index (χ2v) is 4.68. The fraction of sp³-hybridized carbons (Fsp3) is 0.176. The molecule has 0 atom stereocenters. The summed E-state index contributed by atoms with van der Waals surface area (Å²) in [6.07, 6.45) is 4.32. The molecule has 18 heavy (non-hydrogen) atoms. The van der Waals surface area contributed by atoms with Crippen LogP contribution in [-0.4, -0.2) is 14.1 Å². The molecule has 92 valence electrons. The number of rotatable bonds is 3. The van der Waals surface area contributed by atoms with Gasteiger partial charge < -0.3 is 4.90 Å². The van der Waals surface area contributed by atoms with Gasteiger partial charge in [0.2, 0.25) is 0 Å². The predicted molar refractivity (Wildman–Crippen MR) is 80.9 cm³/mol. The number of benzene rings is 2. The van der Waals surface area contributed by atoms with E-state index >= 15 is 0 Å². The van der Waals surface area contributed by atoms with Crippen molar-refractivity contribution in [3.63, 3.8) is 0 Å². The summed E-state index contributed by atoms with van der Waals surface area (Å²) in [6, 6.07) is 17.0. The third-order valence-corrected chi connectivity index (χ3v) is 3.05. The van der Waals surface area contributed by atoms with E-state index in [-0.39, 0.29) is 0 Å². The maximum atomic E-state index is 2.17. The Labute approximate surface area is 109 Å². The van der Waals surface area contributed by atoms with Gasteiger partial charge in [-0.3, -0.25) is 0 Å². The van der Waals surface area contributed by atoms with E-state index in [9.17, 15) is 0 Å². The van der Waals surface area contributed by atoms with E-state index in [1.807, 2.05) is 0 Å². The van der Waals surface area contributed by atoms with Crippen LogP contribution in [0.5, 0.6) is 0 Å². The van der Waals surface area contributed by atoms with Crippen LogP contribution in [0, 0.1) is 6.92 Å². The summed E-state index contributed by atoms with van der Waals surface area (Å²) in [4.78, 5) is 2.11. The third kappa shape index (κ3) is 3.01. The molecule has 2 aromatic rings. The Hall–Kier alpha value is -2.02. The van der Waals surface area contributed by atoms with Crippen molar-refractivity contribution in [3.8, 4) is 0 Å². The molecule has 0 spiro atoms. The zero-order valence-corrected chi connectivity index (χ0v) is 11.2. The highest BCUT2D eigenvalue weighted by Gasteiger charge is 1.94. The van der Waals surface area contributed by atoms with Crippen LogP contribution in [0.1, 0.15) is 16.7 Å². The molecule has 0 aliphatic heterocycles. The third-order valence-electron chi connectivity index (χ3n) is 3.05. The number of aryl methyl sites for hydroxylation is 1. The van der Waals surface area contributed by atoms with Crippen molar-refractivity contribution >= 4 is 17.8 Å². The maximum absolute atomic E-state index is 2.17. The quantitative estimate of drug-likeness (QED) is 0.722. The van der Waals surface area contributed by atoms with Crippen LogP contribution in [0.2, 0.25) is 0 Å². The Morgan fingerprint density at radius 3 is 2.11 bits per heavy atom. The van der Waals surface area contributed by atoms with Crippen LogP contribution in [0.4, 0.5) is 5.69 Å². The lowest BCUT2D eigenvalue weighted by molar-refractivity contribution is 1.13. The van der Waals surface area contributed by atoms with Crippen LogP contribution < -0.4 is 4.90 Å². The van der Waals surface area contributed by atoms with E-state index < -0.39 is 0 Å². The average Bonchev–Trinajstić information content (AvgIpc) is 2.38. The Balaban J connectivity index is 2.17. The van der Waals surface area contributed by atoms with Gasteiger partial charge in [0.1, 0.15) is 0 Å². The van der Waals surface area contributed by atoms with E-state index in [0.717, 1.165) is 0 Å². The Bertz CT molecular complexity index is 536. The first-order valence-corrected chi connectivity index (χ1v) is 6.18. The van der Waals surface area contributed by atoms with Crippen LogP contribution in [0.25, 0.3) is 12.2 Å². The van der Waals surface area contributed by atoms with Gasteiger partial charge in [0.25, 0.3) is 0 Å². The molecule has 0 bridgehead atoms. The summed E-state index contributed by atoms with van der Waals surface area (Å²) < 4.78 is 0.